The first-order valence-corrected chi connectivity index (χ1v) is 8.73. The van der Waals surface area contributed by atoms with Crippen LogP contribution in [0.5, 0.6) is 0 Å². The van der Waals surface area contributed by atoms with Crippen LogP contribution in [0.3, 0.4) is 0 Å². The summed E-state index contributed by atoms with van der Waals surface area (Å²) in [5, 5.41) is 2.89. The molecule has 2 rings (SSSR count). The van der Waals surface area contributed by atoms with Gasteiger partial charge < -0.3 is 10.2 Å². The van der Waals surface area contributed by atoms with E-state index in [1.54, 1.807) is 16.7 Å². The highest BCUT2D eigenvalue weighted by molar-refractivity contribution is 7.98. The molecule has 1 aliphatic rings. The van der Waals surface area contributed by atoms with Crippen molar-refractivity contribution < 1.29 is 9.59 Å². The Labute approximate surface area is 130 Å². The van der Waals surface area contributed by atoms with E-state index in [2.05, 4.69) is 5.32 Å². The second kappa shape index (κ2) is 7.50. The van der Waals surface area contributed by atoms with Crippen molar-refractivity contribution in [3.05, 3.63) is 35.9 Å². The molecule has 0 aliphatic carbocycles. The average Bonchev–Trinajstić information content (AvgIpc) is 2.50. The number of nitrogens with zero attached hydrogens (tertiary/aromatic N) is 1. The van der Waals surface area contributed by atoms with Crippen LogP contribution in [0.1, 0.15) is 31.4 Å². The summed E-state index contributed by atoms with van der Waals surface area (Å²) in [5.74, 6) is 0.806. The van der Waals surface area contributed by atoms with E-state index in [1.165, 1.54) is 0 Å². The zero-order chi connectivity index (χ0) is 15.2. The molecular formula is C16H22N2O2S. The molecule has 1 saturated heterocycles. The molecule has 2 atom stereocenters. The molecule has 0 saturated carbocycles. The fourth-order valence-corrected chi connectivity index (χ4v) is 3.04. The van der Waals surface area contributed by atoms with Crippen molar-refractivity contribution in [1.29, 1.82) is 0 Å². The number of nitrogens with one attached hydrogen (secondary N) is 1. The Kier molecular flexibility index (Phi) is 5.67. The summed E-state index contributed by atoms with van der Waals surface area (Å²) in [7, 11) is 0. The van der Waals surface area contributed by atoms with Crippen LogP contribution in [0.4, 0.5) is 0 Å². The fourth-order valence-electron chi connectivity index (χ4n) is 2.66. The van der Waals surface area contributed by atoms with Gasteiger partial charge in [0.15, 0.2) is 0 Å². The summed E-state index contributed by atoms with van der Waals surface area (Å²) in [6.07, 6.45) is 3.58. The molecule has 2 amide bonds. The Bertz CT molecular complexity index is 492. The molecule has 0 spiro atoms. The number of piperazine rings is 1. The van der Waals surface area contributed by atoms with Crippen LogP contribution in [0.15, 0.2) is 30.3 Å². The normalized spacial score (nSPS) is 22.3. The zero-order valence-corrected chi connectivity index (χ0v) is 13.4. The van der Waals surface area contributed by atoms with Gasteiger partial charge in [-0.15, -0.1) is 0 Å². The molecule has 1 heterocycles. The molecular weight excluding hydrogens is 284 g/mol. The third-order valence-electron chi connectivity index (χ3n) is 3.69. The van der Waals surface area contributed by atoms with Crippen molar-refractivity contribution >= 4 is 23.6 Å². The Morgan fingerprint density at radius 2 is 1.95 bits per heavy atom. The molecule has 1 aromatic carbocycles. The Morgan fingerprint density at radius 1 is 1.24 bits per heavy atom. The number of thioether (sulfide) groups is 1. The zero-order valence-electron chi connectivity index (χ0n) is 12.5. The Balaban J connectivity index is 2.28. The van der Waals surface area contributed by atoms with E-state index in [0.717, 1.165) is 17.7 Å². The highest BCUT2D eigenvalue weighted by atomic mass is 32.2. The van der Waals surface area contributed by atoms with Crippen LogP contribution >= 0.6 is 11.8 Å². The Morgan fingerprint density at radius 3 is 2.57 bits per heavy atom. The van der Waals surface area contributed by atoms with Crippen LogP contribution in [-0.2, 0) is 9.59 Å². The molecule has 114 valence electrons. The quantitative estimate of drug-likeness (QED) is 0.877. The maximum absolute atomic E-state index is 12.7. The van der Waals surface area contributed by atoms with E-state index in [-0.39, 0.29) is 17.9 Å². The van der Waals surface area contributed by atoms with Gasteiger partial charge in [0, 0.05) is 12.3 Å². The molecule has 1 aliphatic heterocycles. The monoisotopic (exact) mass is 306 g/mol. The second-order valence-electron chi connectivity index (χ2n) is 5.19. The molecule has 1 fully saturated rings. The molecule has 0 aromatic heterocycles. The summed E-state index contributed by atoms with van der Waals surface area (Å²) in [6.45, 7) is 2.63. The van der Waals surface area contributed by atoms with Gasteiger partial charge in [0.2, 0.25) is 11.8 Å². The van der Waals surface area contributed by atoms with Crippen LogP contribution < -0.4 is 5.32 Å². The molecule has 21 heavy (non-hydrogen) atoms. The van der Waals surface area contributed by atoms with E-state index in [9.17, 15) is 9.59 Å². The SMILES string of the molecule is CCCC1NC(=O)C(c2ccccc2)N(CCSC)C1=O. The van der Waals surface area contributed by atoms with Crippen LogP contribution in [-0.4, -0.2) is 41.3 Å². The van der Waals surface area contributed by atoms with E-state index in [0.29, 0.717) is 13.0 Å². The Hall–Kier alpha value is -1.49. The summed E-state index contributed by atoms with van der Waals surface area (Å²) >= 11 is 1.68. The van der Waals surface area contributed by atoms with E-state index in [1.807, 2.05) is 43.5 Å². The lowest BCUT2D eigenvalue weighted by Crippen LogP contribution is -2.59. The van der Waals surface area contributed by atoms with Gasteiger partial charge in [-0.3, -0.25) is 9.59 Å². The van der Waals surface area contributed by atoms with Gasteiger partial charge in [-0.05, 0) is 18.2 Å². The summed E-state index contributed by atoms with van der Waals surface area (Å²) in [5.41, 5.74) is 0.874. The van der Waals surface area contributed by atoms with E-state index >= 15 is 0 Å². The third-order valence-corrected chi connectivity index (χ3v) is 4.28. The minimum atomic E-state index is -0.501. The highest BCUT2D eigenvalue weighted by Gasteiger charge is 2.40. The van der Waals surface area contributed by atoms with Crippen molar-refractivity contribution in [2.75, 3.05) is 18.6 Å². The lowest BCUT2D eigenvalue weighted by Gasteiger charge is -2.39. The van der Waals surface area contributed by atoms with Gasteiger partial charge in [0.25, 0.3) is 0 Å². The van der Waals surface area contributed by atoms with Crippen molar-refractivity contribution in [2.45, 2.75) is 31.8 Å². The van der Waals surface area contributed by atoms with Gasteiger partial charge in [0.05, 0.1) is 0 Å². The number of hydrogen-bond donors (Lipinski definition) is 1. The van der Waals surface area contributed by atoms with Gasteiger partial charge in [-0.25, -0.2) is 0 Å². The van der Waals surface area contributed by atoms with Crippen LogP contribution in [0.25, 0.3) is 0 Å². The number of hydrogen-bond acceptors (Lipinski definition) is 3. The first-order valence-electron chi connectivity index (χ1n) is 7.33. The molecule has 2 unspecified atom stereocenters. The van der Waals surface area contributed by atoms with E-state index < -0.39 is 6.04 Å². The van der Waals surface area contributed by atoms with Crippen LogP contribution in [0.2, 0.25) is 0 Å². The predicted molar refractivity (Wildman–Crippen MR) is 86.1 cm³/mol. The predicted octanol–water partition coefficient (Wildman–Crippen LogP) is 2.22. The molecule has 1 aromatic rings. The number of carbonyl (C=O) groups is 2. The standard InChI is InChI=1S/C16H22N2O2S/c1-3-7-13-16(20)18(10-11-21-2)14(15(19)17-13)12-8-5-4-6-9-12/h4-6,8-9,13-14H,3,7,10-11H2,1-2H3,(H,17,19). The first kappa shape index (κ1) is 15.9. The summed E-state index contributed by atoms with van der Waals surface area (Å²) in [6, 6.07) is 8.66. The number of benzene rings is 1. The van der Waals surface area contributed by atoms with Gasteiger partial charge >= 0.3 is 0 Å². The summed E-state index contributed by atoms with van der Waals surface area (Å²) < 4.78 is 0. The topological polar surface area (TPSA) is 49.4 Å². The lowest BCUT2D eigenvalue weighted by molar-refractivity contribution is -0.149. The lowest BCUT2D eigenvalue weighted by atomic mass is 9.98. The average molecular weight is 306 g/mol. The molecule has 5 heteroatoms. The van der Waals surface area contributed by atoms with Gasteiger partial charge in [-0.1, -0.05) is 43.7 Å². The second-order valence-corrected chi connectivity index (χ2v) is 6.17. The molecule has 1 N–H and O–H groups in total. The van der Waals surface area contributed by atoms with Crippen molar-refractivity contribution in [3.8, 4) is 0 Å². The number of amides is 2. The number of rotatable bonds is 6. The molecule has 0 radical (unpaired) electrons. The van der Waals surface area contributed by atoms with Crippen molar-refractivity contribution in [2.24, 2.45) is 0 Å². The maximum Gasteiger partial charge on any atom is 0.248 e. The van der Waals surface area contributed by atoms with Gasteiger partial charge in [-0.2, -0.15) is 11.8 Å². The van der Waals surface area contributed by atoms with Gasteiger partial charge in [0.1, 0.15) is 12.1 Å². The van der Waals surface area contributed by atoms with Crippen LogP contribution in [0, 0.1) is 0 Å². The van der Waals surface area contributed by atoms with E-state index in [4.69, 9.17) is 0 Å². The maximum atomic E-state index is 12.7. The summed E-state index contributed by atoms with van der Waals surface area (Å²) in [4.78, 5) is 26.9. The third kappa shape index (κ3) is 3.59. The van der Waals surface area contributed by atoms with Crippen molar-refractivity contribution in [3.63, 3.8) is 0 Å². The minimum Gasteiger partial charge on any atom is -0.342 e. The largest absolute Gasteiger partial charge is 0.342 e. The fraction of sp³-hybridized carbons (Fsp3) is 0.500. The molecule has 0 bridgehead atoms. The highest BCUT2D eigenvalue weighted by Crippen LogP contribution is 2.26. The number of carbonyl (C=O) groups excluding carboxylic acids is 2. The minimum absolute atomic E-state index is 0.0411. The van der Waals surface area contributed by atoms with Crippen molar-refractivity contribution in [1.82, 2.24) is 10.2 Å². The first-order chi connectivity index (χ1) is 10.2. The smallest absolute Gasteiger partial charge is 0.248 e. The molecule has 4 nitrogen and oxygen atoms in total.